The molecule has 100 valence electrons. The number of aliphatic hydroxyl groups excluding tert-OH is 1. The quantitative estimate of drug-likeness (QED) is 0.868. The smallest absolute Gasteiger partial charge is 0.0569 e. The maximum Gasteiger partial charge on any atom is 0.0569 e. The monoisotopic (exact) mass is 247 g/mol. The van der Waals surface area contributed by atoms with Gasteiger partial charge in [0.15, 0.2) is 0 Å². The molecule has 18 heavy (non-hydrogen) atoms. The van der Waals surface area contributed by atoms with Crippen molar-refractivity contribution in [2.24, 2.45) is 0 Å². The van der Waals surface area contributed by atoms with Crippen LogP contribution in [-0.2, 0) is 6.54 Å². The third kappa shape index (κ3) is 2.93. The Kier molecular flexibility index (Phi) is 3.79. The zero-order chi connectivity index (χ0) is 13.3. The van der Waals surface area contributed by atoms with E-state index in [0.717, 1.165) is 25.9 Å². The summed E-state index contributed by atoms with van der Waals surface area (Å²) < 4.78 is 0. The Morgan fingerprint density at radius 2 is 2.06 bits per heavy atom. The Hall–Kier alpha value is -0.860. The Morgan fingerprint density at radius 1 is 1.33 bits per heavy atom. The highest BCUT2D eigenvalue weighted by Gasteiger charge is 2.33. The highest BCUT2D eigenvalue weighted by atomic mass is 16.3. The number of piperidine rings is 1. The van der Waals surface area contributed by atoms with Gasteiger partial charge in [0.2, 0.25) is 0 Å². The van der Waals surface area contributed by atoms with Crippen molar-refractivity contribution in [2.45, 2.75) is 58.7 Å². The van der Waals surface area contributed by atoms with Crippen molar-refractivity contribution in [2.75, 3.05) is 6.54 Å². The van der Waals surface area contributed by atoms with E-state index >= 15 is 0 Å². The number of likely N-dealkylation sites (tertiary alicyclic amines) is 1. The molecule has 1 N–H and O–H groups in total. The Balaban J connectivity index is 2.13. The first-order chi connectivity index (χ1) is 8.38. The van der Waals surface area contributed by atoms with Crippen molar-refractivity contribution in [3.05, 3.63) is 34.9 Å². The largest absolute Gasteiger partial charge is 0.393 e. The first-order valence-electron chi connectivity index (χ1n) is 6.88. The second kappa shape index (κ2) is 5.02. The highest BCUT2D eigenvalue weighted by Crippen LogP contribution is 2.29. The number of hydrogen-bond acceptors (Lipinski definition) is 2. The van der Waals surface area contributed by atoms with Crippen molar-refractivity contribution < 1.29 is 5.11 Å². The van der Waals surface area contributed by atoms with Gasteiger partial charge in [0, 0.05) is 18.6 Å². The van der Waals surface area contributed by atoms with Crippen LogP contribution in [0.25, 0.3) is 0 Å². The van der Waals surface area contributed by atoms with Crippen LogP contribution in [0, 0.1) is 13.8 Å². The number of rotatable bonds is 2. The molecular formula is C16H25NO. The van der Waals surface area contributed by atoms with E-state index < -0.39 is 0 Å². The minimum atomic E-state index is -0.129. The molecule has 0 radical (unpaired) electrons. The molecule has 0 amide bonds. The molecule has 2 rings (SSSR count). The van der Waals surface area contributed by atoms with Gasteiger partial charge in [-0.1, -0.05) is 23.8 Å². The first-order valence-corrected chi connectivity index (χ1v) is 6.88. The summed E-state index contributed by atoms with van der Waals surface area (Å²) in [7, 11) is 0. The van der Waals surface area contributed by atoms with Crippen molar-refractivity contribution in [1.29, 1.82) is 0 Å². The second-order valence-corrected chi connectivity index (χ2v) is 6.31. The fraction of sp³-hybridized carbons (Fsp3) is 0.625. The summed E-state index contributed by atoms with van der Waals surface area (Å²) in [5.74, 6) is 0. The average Bonchev–Trinajstić information content (AvgIpc) is 2.24. The van der Waals surface area contributed by atoms with Gasteiger partial charge in [0.1, 0.15) is 0 Å². The molecule has 1 fully saturated rings. The molecule has 1 aromatic rings. The van der Waals surface area contributed by atoms with Crippen molar-refractivity contribution in [3.63, 3.8) is 0 Å². The zero-order valence-corrected chi connectivity index (χ0v) is 12.0. The molecule has 2 nitrogen and oxygen atoms in total. The maximum absolute atomic E-state index is 9.79. The van der Waals surface area contributed by atoms with E-state index in [4.69, 9.17) is 0 Å². The van der Waals surface area contributed by atoms with Gasteiger partial charge in [-0.15, -0.1) is 0 Å². The van der Waals surface area contributed by atoms with Gasteiger partial charge in [-0.3, -0.25) is 4.90 Å². The molecule has 2 heteroatoms. The van der Waals surface area contributed by atoms with Gasteiger partial charge in [-0.05, 0) is 51.7 Å². The van der Waals surface area contributed by atoms with Gasteiger partial charge in [-0.2, -0.15) is 0 Å². The van der Waals surface area contributed by atoms with Crippen LogP contribution in [-0.4, -0.2) is 28.2 Å². The number of benzene rings is 1. The summed E-state index contributed by atoms with van der Waals surface area (Å²) in [6.07, 6.45) is 1.64. The lowest BCUT2D eigenvalue weighted by atomic mass is 9.88. The molecule has 0 aliphatic carbocycles. The average molecular weight is 247 g/mol. The van der Waals surface area contributed by atoms with E-state index in [2.05, 4.69) is 50.8 Å². The van der Waals surface area contributed by atoms with Crippen LogP contribution in [0.2, 0.25) is 0 Å². The van der Waals surface area contributed by atoms with E-state index in [1.807, 2.05) is 0 Å². The first kappa shape index (κ1) is 13.6. The van der Waals surface area contributed by atoms with Crippen molar-refractivity contribution in [1.82, 2.24) is 4.90 Å². The summed E-state index contributed by atoms with van der Waals surface area (Å²) in [6, 6.07) is 6.68. The molecule has 0 bridgehead atoms. The van der Waals surface area contributed by atoms with Crippen LogP contribution < -0.4 is 0 Å². The van der Waals surface area contributed by atoms with E-state index in [1.165, 1.54) is 16.7 Å². The predicted molar refractivity (Wildman–Crippen MR) is 75.6 cm³/mol. The molecular weight excluding hydrogens is 222 g/mol. The van der Waals surface area contributed by atoms with Gasteiger partial charge in [0.25, 0.3) is 0 Å². The van der Waals surface area contributed by atoms with Crippen LogP contribution >= 0.6 is 0 Å². The normalized spacial score (nSPS) is 24.2. The fourth-order valence-corrected chi connectivity index (χ4v) is 2.94. The highest BCUT2D eigenvalue weighted by molar-refractivity contribution is 5.30. The SMILES string of the molecule is Cc1ccc(CN2CCC(O)CC2(C)C)c(C)c1. The second-order valence-electron chi connectivity index (χ2n) is 6.31. The van der Waals surface area contributed by atoms with E-state index in [9.17, 15) is 5.11 Å². The Labute approximate surface area is 111 Å². The van der Waals surface area contributed by atoms with Crippen LogP contribution in [0.5, 0.6) is 0 Å². The lowest BCUT2D eigenvalue weighted by Crippen LogP contribution is -2.50. The predicted octanol–water partition coefficient (Wildman–Crippen LogP) is 3.04. The van der Waals surface area contributed by atoms with E-state index in [0.29, 0.717) is 0 Å². The summed E-state index contributed by atoms with van der Waals surface area (Å²) in [5.41, 5.74) is 4.20. The van der Waals surface area contributed by atoms with Gasteiger partial charge >= 0.3 is 0 Å². The Morgan fingerprint density at radius 3 is 2.67 bits per heavy atom. The van der Waals surface area contributed by atoms with Crippen LogP contribution in [0.3, 0.4) is 0 Å². The fourth-order valence-electron chi connectivity index (χ4n) is 2.94. The van der Waals surface area contributed by atoms with Crippen LogP contribution in [0.1, 0.15) is 43.4 Å². The van der Waals surface area contributed by atoms with E-state index in [-0.39, 0.29) is 11.6 Å². The van der Waals surface area contributed by atoms with Gasteiger partial charge < -0.3 is 5.11 Å². The topological polar surface area (TPSA) is 23.5 Å². The molecule has 1 atom stereocenters. The molecule has 0 aromatic heterocycles. The minimum absolute atomic E-state index is 0.0923. The molecule has 1 saturated heterocycles. The molecule has 1 aromatic carbocycles. The number of hydrogen-bond donors (Lipinski definition) is 1. The number of aryl methyl sites for hydroxylation is 2. The third-order valence-corrected chi connectivity index (χ3v) is 4.18. The molecule has 0 spiro atoms. The summed E-state index contributed by atoms with van der Waals surface area (Å²) in [4.78, 5) is 2.50. The summed E-state index contributed by atoms with van der Waals surface area (Å²) in [6.45, 7) is 10.8. The molecule has 0 saturated carbocycles. The minimum Gasteiger partial charge on any atom is -0.393 e. The number of aliphatic hydroxyl groups is 1. The molecule has 1 heterocycles. The molecule has 1 unspecified atom stereocenters. The van der Waals surface area contributed by atoms with Gasteiger partial charge in [0.05, 0.1) is 6.10 Å². The Bertz CT molecular complexity index is 425. The summed E-state index contributed by atoms with van der Waals surface area (Å²) >= 11 is 0. The summed E-state index contributed by atoms with van der Waals surface area (Å²) in [5, 5.41) is 9.79. The lowest BCUT2D eigenvalue weighted by Gasteiger charge is -2.44. The molecule has 1 aliphatic rings. The standard InChI is InChI=1S/C16H25NO/c1-12-5-6-14(13(2)9-12)11-17-8-7-15(18)10-16(17,3)4/h5-6,9,15,18H,7-8,10-11H2,1-4H3. The van der Waals surface area contributed by atoms with Crippen LogP contribution in [0.15, 0.2) is 18.2 Å². The zero-order valence-electron chi connectivity index (χ0n) is 12.0. The lowest BCUT2D eigenvalue weighted by molar-refractivity contribution is -0.00725. The number of nitrogens with zero attached hydrogens (tertiary/aromatic N) is 1. The third-order valence-electron chi connectivity index (χ3n) is 4.18. The molecule has 1 aliphatic heterocycles. The van der Waals surface area contributed by atoms with Crippen LogP contribution in [0.4, 0.5) is 0 Å². The van der Waals surface area contributed by atoms with Gasteiger partial charge in [-0.25, -0.2) is 0 Å². The maximum atomic E-state index is 9.79. The van der Waals surface area contributed by atoms with Crippen molar-refractivity contribution >= 4 is 0 Å². The van der Waals surface area contributed by atoms with E-state index in [1.54, 1.807) is 0 Å². The van der Waals surface area contributed by atoms with Crippen molar-refractivity contribution in [3.8, 4) is 0 Å².